The normalized spacial score (nSPS) is 19.1. The smallest absolute Gasteiger partial charge is 0.350 e. The lowest BCUT2D eigenvalue weighted by Crippen LogP contribution is -2.29. The molecule has 10 nitrogen and oxygen atoms in total. The number of hydrogen-bond acceptors (Lipinski definition) is 10. The van der Waals surface area contributed by atoms with Crippen LogP contribution in [0, 0.1) is 6.92 Å². The van der Waals surface area contributed by atoms with E-state index in [9.17, 15) is 19.5 Å². The van der Waals surface area contributed by atoms with Crippen LogP contribution in [-0.2, 0) is 20.7 Å². The maximum absolute atomic E-state index is 13.7. The van der Waals surface area contributed by atoms with Gasteiger partial charge in [0, 0.05) is 17.5 Å². The van der Waals surface area contributed by atoms with Crippen molar-refractivity contribution in [3.8, 4) is 17.2 Å². The van der Waals surface area contributed by atoms with Crippen molar-refractivity contribution >= 4 is 39.9 Å². The maximum Gasteiger partial charge on any atom is 0.350 e. The Balaban J connectivity index is 1.71. The quantitative estimate of drug-likeness (QED) is 0.133. The minimum absolute atomic E-state index is 0.00161. The number of aliphatic hydroxyl groups is 1. The van der Waals surface area contributed by atoms with Crippen LogP contribution in [0.3, 0.4) is 0 Å². The highest BCUT2D eigenvalue weighted by molar-refractivity contribution is 7.17. The molecule has 212 valence electrons. The molecule has 0 saturated carbocycles. The number of esters is 1. The second kappa shape index (κ2) is 11.1. The van der Waals surface area contributed by atoms with E-state index in [-0.39, 0.29) is 34.1 Å². The first kappa shape index (κ1) is 27.9. The summed E-state index contributed by atoms with van der Waals surface area (Å²) in [7, 11) is 2.95. The average Bonchev–Trinajstić information content (AvgIpc) is 3.62. The fourth-order valence-electron chi connectivity index (χ4n) is 4.98. The molecule has 1 aromatic heterocycles. The first-order chi connectivity index (χ1) is 19.7. The van der Waals surface area contributed by atoms with Crippen LogP contribution in [0.25, 0.3) is 5.76 Å². The number of aromatic nitrogens is 1. The van der Waals surface area contributed by atoms with Gasteiger partial charge < -0.3 is 24.1 Å². The van der Waals surface area contributed by atoms with E-state index in [4.69, 9.17) is 18.9 Å². The van der Waals surface area contributed by atoms with Gasteiger partial charge in [0.2, 0.25) is 0 Å². The van der Waals surface area contributed by atoms with Crippen LogP contribution in [-0.4, -0.2) is 54.7 Å². The van der Waals surface area contributed by atoms with Gasteiger partial charge >= 0.3 is 11.9 Å². The number of benzene rings is 2. The third kappa shape index (κ3) is 4.93. The number of Topliss-reactive ketones (excluding diaryl/α,β-unsaturated/α-hetero) is 1. The van der Waals surface area contributed by atoms with Crippen LogP contribution in [0.15, 0.2) is 54.6 Å². The van der Waals surface area contributed by atoms with E-state index in [1.165, 1.54) is 25.2 Å². The molecule has 0 spiro atoms. The maximum atomic E-state index is 13.7. The SMILES string of the molecule is C=CCOC(=O)c1sc(N2C(=O)C(=O)C(=C(O)c3ccc4c(c3)CC(C)O4)C2c2cc(OC)ccc2OC)nc1C. The number of carbonyl (C=O) groups is 3. The van der Waals surface area contributed by atoms with E-state index < -0.39 is 23.7 Å². The van der Waals surface area contributed by atoms with E-state index in [0.29, 0.717) is 40.5 Å². The number of fused-ring (bicyclic) bond motifs is 1. The van der Waals surface area contributed by atoms with Gasteiger partial charge in [-0.2, -0.15) is 0 Å². The van der Waals surface area contributed by atoms with Crippen LogP contribution in [0.2, 0.25) is 0 Å². The molecule has 5 rings (SSSR count). The van der Waals surface area contributed by atoms with Gasteiger partial charge in [-0.3, -0.25) is 14.5 Å². The van der Waals surface area contributed by atoms with E-state index in [1.807, 2.05) is 6.92 Å². The van der Waals surface area contributed by atoms with E-state index >= 15 is 0 Å². The lowest BCUT2D eigenvalue weighted by atomic mass is 9.93. The molecule has 2 atom stereocenters. The molecule has 1 N–H and O–H groups in total. The molecule has 3 heterocycles. The standard InChI is InChI=1S/C30H28N2O8S/c1-6-11-39-29(36)27-16(3)31-30(41-27)32-24(20-14-19(37-4)8-10-22(20)38-5)23(26(34)28(32)35)25(33)17-7-9-21-18(13-17)12-15(2)40-21/h6-10,13-15,24,33H,1,11-12H2,2-5H3. The van der Waals surface area contributed by atoms with Crippen LogP contribution in [0.5, 0.6) is 17.2 Å². The summed E-state index contributed by atoms with van der Waals surface area (Å²) in [5, 5.41) is 11.7. The van der Waals surface area contributed by atoms with E-state index in [0.717, 1.165) is 16.9 Å². The topological polar surface area (TPSA) is 124 Å². The zero-order valence-electron chi connectivity index (χ0n) is 22.9. The second-order valence-corrected chi connectivity index (χ2v) is 10.5. The summed E-state index contributed by atoms with van der Waals surface area (Å²) in [6.45, 7) is 7.09. The van der Waals surface area contributed by atoms with Crippen molar-refractivity contribution in [3.05, 3.63) is 81.9 Å². The Kier molecular flexibility index (Phi) is 7.55. The summed E-state index contributed by atoms with van der Waals surface area (Å²) in [6.07, 6.45) is 2.06. The number of rotatable bonds is 8. The summed E-state index contributed by atoms with van der Waals surface area (Å²) in [4.78, 5) is 45.8. The molecule has 1 amide bonds. The third-order valence-corrected chi connectivity index (χ3v) is 7.99. The average molecular weight is 577 g/mol. The summed E-state index contributed by atoms with van der Waals surface area (Å²) < 4.78 is 22.0. The van der Waals surface area contributed by atoms with Crippen LogP contribution >= 0.6 is 11.3 Å². The number of ether oxygens (including phenoxy) is 4. The van der Waals surface area contributed by atoms with Gasteiger partial charge in [-0.25, -0.2) is 9.78 Å². The molecule has 41 heavy (non-hydrogen) atoms. The highest BCUT2D eigenvalue weighted by Crippen LogP contribution is 2.47. The van der Waals surface area contributed by atoms with Crippen LogP contribution in [0.4, 0.5) is 5.13 Å². The number of aliphatic hydroxyl groups excluding tert-OH is 1. The number of ketones is 1. The number of anilines is 1. The number of methoxy groups -OCH3 is 2. The van der Waals surface area contributed by atoms with Gasteiger partial charge in [-0.05, 0) is 55.8 Å². The Labute approximate surface area is 240 Å². The summed E-state index contributed by atoms with van der Waals surface area (Å²) in [5.74, 6) is -1.32. The second-order valence-electron chi connectivity index (χ2n) is 9.53. The number of carbonyl (C=O) groups excluding carboxylic acids is 3. The van der Waals surface area contributed by atoms with Gasteiger partial charge in [0.25, 0.3) is 5.78 Å². The lowest BCUT2D eigenvalue weighted by Gasteiger charge is -2.25. The molecular weight excluding hydrogens is 548 g/mol. The van der Waals surface area contributed by atoms with Gasteiger partial charge in [0.1, 0.15) is 46.6 Å². The Morgan fingerprint density at radius 2 is 2.00 bits per heavy atom. The molecule has 0 bridgehead atoms. The Hall–Kier alpha value is -4.64. The molecule has 2 aliphatic heterocycles. The Morgan fingerprint density at radius 3 is 2.71 bits per heavy atom. The number of nitrogens with zero attached hydrogens (tertiary/aromatic N) is 2. The zero-order valence-corrected chi connectivity index (χ0v) is 23.7. The van der Waals surface area contributed by atoms with Crippen molar-refractivity contribution in [2.75, 3.05) is 25.7 Å². The van der Waals surface area contributed by atoms with Crippen molar-refractivity contribution in [1.29, 1.82) is 0 Å². The van der Waals surface area contributed by atoms with Crippen LogP contribution in [0.1, 0.15) is 45.0 Å². The monoisotopic (exact) mass is 576 g/mol. The summed E-state index contributed by atoms with van der Waals surface area (Å²) in [5.41, 5.74) is 1.79. The Bertz CT molecular complexity index is 1610. The van der Waals surface area contributed by atoms with Crippen molar-refractivity contribution in [3.63, 3.8) is 0 Å². The summed E-state index contributed by atoms with van der Waals surface area (Å²) >= 11 is 0.909. The molecule has 0 aliphatic carbocycles. The number of amides is 1. The van der Waals surface area contributed by atoms with Gasteiger partial charge in [-0.1, -0.05) is 24.0 Å². The van der Waals surface area contributed by atoms with Gasteiger partial charge in [0.05, 0.1) is 25.5 Å². The van der Waals surface area contributed by atoms with E-state index in [1.54, 1.807) is 43.3 Å². The van der Waals surface area contributed by atoms with E-state index in [2.05, 4.69) is 11.6 Å². The molecule has 2 aliphatic rings. The largest absolute Gasteiger partial charge is 0.507 e. The molecule has 11 heteroatoms. The minimum Gasteiger partial charge on any atom is -0.507 e. The molecule has 0 radical (unpaired) electrons. The summed E-state index contributed by atoms with van der Waals surface area (Å²) in [6, 6.07) is 8.93. The molecule has 3 aromatic rings. The highest BCUT2D eigenvalue weighted by Gasteiger charge is 2.49. The first-order valence-electron chi connectivity index (χ1n) is 12.8. The van der Waals surface area contributed by atoms with Crippen molar-refractivity contribution in [2.24, 2.45) is 0 Å². The fraction of sp³-hybridized carbons (Fsp3) is 0.267. The molecule has 1 fully saturated rings. The molecule has 1 saturated heterocycles. The third-order valence-electron chi connectivity index (χ3n) is 6.85. The van der Waals surface area contributed by atoms with Crippen molar-refractivity contribution in [1.82, 2.24) is 4.98 Å². The van der Waals surface area contributed by atoms with Crippen molar-refractivity contribution in [2.45, 2.75) is 32.4 Å². The lowest BCUT2D eigenvalue weighted by molar-refractivity contribution is -0.132. The predicted octanol–water partition coefficient (Wildman–Crippen LogP) is 4.76. The molecular formula is C30H28N2O8S. The van der Waals surface area contributed by atoms with Crippen LogP contribution < -0.4 is 19.1 Å². The molecule has 2 unspecified atom stereocenters. The predicted molar refractivity (Wildman–Crippen MR) is 152 cm³/mol. The van der Waals surface area contributed by atoms with Gasteiger partial charge in [0.15, 0.2) is 5.13 Å². The number of aryl methyl sites for hydroxylation is 1. The van der Waals surface area contributed by atoms with Crippen molar-refractivity contribution < 1.29 is 38.4 Å². The first-order valence-corrected chi connectivity index (χ1v) is 13.6. The fourth-order valence-corrected chi connectivity index (χ4v) is 5.96. The number of thiazole rings is 1. The number of hydrogen-bond donors (Lipinski definition) is 1. The zero-order chi connectivity index (χ0) is 29.4. The minimum atomic E-state index is -1.15. The molecule has 2 aromatic carbocycles. The highest BCUT2D eigenvalue weighted by atomic mass is 32.1. The van der Waals surface area contributed by atoms with Gasteiger partial charge in [-0.15, -0.1) is 0 Å². The Morgan fingerprint density at radius 1 is 1.22 bits per heavy atom.